The van der Waals surface area contributed by atoms with Crippen molar-refractivity contribution >= 4 is 16.7 Å². The molecular weight excluding hydrogens is 416 g/mol. The monoisotopic (exact) mass is 440 g/mol. The van der Waals surface area contributed by atoms with E-state index in [9.17, 15) is 9.59 Å². The van der Waals surface area contributed by atoms with Crippen molar-refractivity contribution in [1.82, 2.24) is 29.6 Å². The van der Waals surface area contributed by atoms with Crippen LogP contribution in [0.3, 0.4) is 0 Å². The van der Waals surface area contributed by atoms with Gasteiger partial charge < -0.3 is 4.90 Å². The molecule has 0 saturated carbocycles. The second-order valence-electron chi connectivity index (χ2n) is 8.32. The highest BCUT2D eigenvalue weighted by molar-refractivity contribution is 5.83. The SMILES string of the molecule is Cc1nn(CC(=O)N2CCCC(c3ccnc(-c4cccnc4)n3)C2)c(=O)c2ccccc12. The predicted molar refractivity (Wildman–Crippen MR) is 125 cm³/mol. The number of nitrogens with zero attached hydrogens (tertiary/aromatic N) is 6. The minimum atomic E-state index is -0.241. The summed E-state index contributed by atoms with van der Waals surface area (Å²) in [6.45, 7) is 3.01. The first-order valence-electron chi connectivity index (χ1n) is 11.1. The number of aryl methyl sites for hydroxylation is 1. The third-order valence-corrected chi connectivity index (χ3v) is 6.13. The van der Waals surface area contributed by atoms with E-state index in [0.717, 1.165) is 35.2 Å². The Hall–Kier alpha value is -3.94. The standard InChI is InChI=1S/C25H24N6O2/c1-17-20-8-2-3-9-21(20)25(33)31(29-17)16-23(32)30-13-5-7-19(15-30)22-10-12-27-24(28-22)18-6-4-11-26-14-18/h2-4,6,8-12,14,19H,5,7,13,15-16H2,1H3. The largest absolute Gasteiger partial charge is 0.340 e. The van der Waals surface area contributed by atoms with E-state index >= 15 is 0 Å². The number of likely N-dealkylation sites (tertiary alicyclic amines) is 1. The summed E-state index contributed by atoms with van der Waals surface area (Å²) in [7, 11) is 0. The van der Waals surface area contributed by atoms with E-state index in [2.05, 4.69) is 15.1 Å². The van der Waals surface area contributed by atoms with Crippen molar-refractivity contribution in [3.63, 3.8) is 0 Å². The molecule has 1 aliphatic rings. The number of amides is 1. The van der Waals surface area contributed by atoms with E-state index in [1.54, 1.807) is 24.7 Å². The molecule has 3 aromatic heterocycles. The van der Waals surface area contributed by atoms with E-state index in [-0.39, 0.29) is 23.9 Å². The fourth-order valence-corrected chi connectivity index (χ4v) is 4.42. The van der Waals surface area contributed by atoms with Gasteiger partial charge in [-0.2, -0.15) is 5.10 Å². The van der Waals surface area contributed by atoms with Crippen LogP contribution in [-0.4, -0.2) is 48.6 Å². The lowest BCUT2D eigenvalue weighted by molar-refractivity contribution is -0.133. The Labute approximate surface area is 191 Å². The zero-order valence-electron chi connectivity index (χ0n) is 18.4. The third-order valence-electron chi connectivity index (χ3n) is 6.13. The molecule has 1 saturated heterocycles. The normalized spacial score (nSPS) is 16.2. The molecule has 1 amide bonds. The Kier molecular flexibility index (Phi) is 5.64. The van der Waals surface area contributed by atoms with Crippen LogP contribution in [0.25, 0.3) is 22.2 Å². The Bertz CT molecular complexity index is 1370. The Balaban J connectivity index is 1.35. The van der Waals surface area contributed by atoms with Crippen LogP contribution in [0.2, 0.25) is 0 Å². The summed E-state index contributed by atoms with van der Waals surface area (Å²) < 4.78 is 1.29. The van der Waals surface area contributed by atoms with Crippen molar-refractivity contribution in [2.75, 3.05) is 13.1 Å². The number of carbonyl (C=O) groups excluding carboxylic acids is 1. The van der Waals surface area contributed by atoms with Crippen molar-refractivity contribution in [1.29, 1.82) is 0 Å². The number of rotatable bonds is 4. The molecule has 0 bridgehead atoms. The van der Waals surface area contributed by atoms with Crippen molar-refractivity contribution in [2.45, 2.75) is 32.2 Å². The summed E-state index contributed by atoms with van der Waals surface area (Å²) in [6, 6.07) is 13.1. The first-order chi connectivity index (χ1) is 16.1. The number of fused-ring (bicyclic) bond motifs is 1. The maximum absolute atomic E-state index is 13.1. The number of pyridine rings is 1. The number of hydrogen-bond donors (Lipinski definition) is 0. The fourth-order valence-electron chi connectivity index (χ4n) is 4.42. The van der Waals surface area contributed by atoms with Crippen molar-refractivity contribution in [2.24, 2.45) is 0 Å². The van der Waals surface area contributed by atoms with Gasteiger partial charge in [-0.05, 0) is 44.0 Å². The van der Waals surface area contributed by atoms with Gasteiger partial charge in [-0.1, -0.05) is 18.2 Å². The minimum absolute atomic E-state index is 0.0675. The average molecular weight is 441 g/mol. The lowest BCUT2D eigenvalue weighted by Gasteiger charge is -2.32. The van der Waals surface area contributed by atoms with Gasteiger partial charge in [0.15, 0.2) is 5.82 Å². The maximum Gasteiger partial charge on any atom is 0.275 e. The van der Waals surface area contributed by atoms with Gasteiger partial charge in [-0.3, -0.25) is 14.6 Å². The summed E-state index contributed by atoms with van der Waals surface area (Å²) in [4.78, 5) is 41.1. The van der Waals surface area contributed by atoms with Gasteiger partial charge in [0.2, 0.25) is 5.91 Å². The van der Waals surface area contributed by atoms with Crippen molar-refractivity contribution in [3.05, 3.63) is 82.8 Å². The number of benzene rings is 1. The molecule has 166 valence electrons. The Morgan fingerprint density at radius 2 is 1.94 bits per heavy atom. The average Bonchev–Trinajstić information content (AvgIpc) is 2.88. The second-order valence-corrected chi connectivity index (χ2v) is 8.32. The molecule has 33 heavy (non-hydrogen) atoms. The van der Waals surface area contributed by atoms with Gasteiger partial charge in [0, 0.05) is 54.2 Å². The highest BCUT2D eigenvalue weighted by atomic mass is 16.2. The lowest BCUT2D eigenvalue weighted by Crippen LogP contribution is -2.42. The molecule has 1 aromatic carbocycles. The molecule has 1 aliphatic heterocycles. The van der Waals surface area contributed by atoms with Crippen LogP contribution in [0.5, 0.6) is 0 Å². The van der Waals surface area contributed by atoms with Crippen molar-refractivity contribution in [3.8, 4) is 11.4 Å². The molecule has 0 radical (unpaired) electrons. The number of aromatic nitrogens is 5. The molecule has 4 heterocycles. The first kappa shape index (κ1) is 20.9. The third kappa shape index (κ3) is 4.24. The summed E-state index contributed by atoms with van der Waals surface area (Å²) in [5, 5.41) is 5.79. The minimum Gasteiger partial charge on any atom is -0.340 e. The number of piperidine rings is 1. The molecule has 5 rings (SSSR count). The van der Waals surface area contributed by atoms with E-state index in [1.165, 1.54) is 4.68 Å². The van der Waals surface area contributed by atoms with Crippen LogP contribution in [0, 0.1) is 6.92 Å². The molecule has 1 atom stereocenters. The lowest BCUT2D eigenvalue weighted by atomic mass is 9.94. The zero-order valence-corrected chi connectivity index (χ0v) is 18.4. The molecule has 8 heteroatoms. The first-order valence-corrected chi connectivity index (χ1v) is 11.1. The summed E-state index contributed by atoms with van der Waals surface area (Å²) >= 11 is 0. The van der Waals surface area contributed by atoms with E-state index in [0.29, 0.717) is 24.3 Å². The molecule has 4 aromatic rings. The number of hydrogen-bond acceptors (Lipinski definition) is 6. The zero-order chi connectivity index (χ0) is 22.8. The topological polar surface area (TPSA) is 93.9 Å². The van der Waals surface area contributed by atoms with Gasteiger partial charge in [0.1, 0.15) is 6.54 Å². The maximum atomic E-state index is 13.1. The summed E-state index contributed by atoms with van der Waals surface area (Å²) in [6.07, 6.45) is 7.04. The van der Waals surface area contributed by atoms with Crippen LogP contribution < -0.4 is 5.56 Å². The Morgan fingerprint density at radius 3 is 2.76 bits per heavy atom. The van der Waals surface area contributed by atoms with Crippen LogP contribution in [0.1, 0.15) is 30.1 Å². The van der Waals surface area contributed by atoms with Gasteiger partial charge in [-0.25, -0.2) is 14.6 Å². The second kappa shape index (κ2) is 8.90. The highest BCUT2D eigenvalue weighted by Gasteiger charge is 2.26. The smallest absolute Gasteiger partial charge is 0.275 e. The van der Waals surface area contributed by atoms with E-state index in [1.807, 2.05) is 48.2 Å². The molecule has 0 spiro atoms. The van der Waals surface area contributed by atoms with E-state index < -0.39 is 0 Å². The van der Waals surface area contributed by atoms with Crippen molar-refractivity contribution < 1.29 is 4.79 Å². The fraction of sp³-hybridized carbons (Fsp3) is 0.280. The Morgan fingerprint density at radius 1 is 1.09 bits per heavy atom. The van der Waals surface area contributed by atoms with Crippen LogP contribution in [0.15, 0.2) is 65.8 Å². The van der Waals surface area contributed by atoms with Crippen LogP contribution in [0.4, 0.5) is 0 Å². The summed E-state index contributed by atoms with van der Waals surface area (Å²) in [5.41, 5.74) is 2.27. The van der Waals surface area contributed by atoms with Crippen LogP contribution >= 0.6 is 0 Å². The molecule has 1 unspecified atom stereocenters. The van der Waals surface area contributed by atoms with E-state index in [4.69, 9.17) is 4.98 Å². The summed E-state index contributed by atoms with van der Waals surface area (Å²) in [5.74, 6) is 0.640. The predicted octanol–water partition coefficient (Wildman–Crippen LogP) is 2.96. The molecule has 0 N–H and O–H groups in total. The van der Waals surface area contributed by atoms with Gasteiger partial charge in [0.25, 0.3) is 5.56 Å². The molecular formula is C25H24N6O2. The quantitative estimate of drug-likeness (QED) is 0.484. The molecule has 8 nitrogen and oxygen atoms in total. The van der Waals surface area contributed by atoms with Gasteiger partial charge >= 0.3 is 0 Å². The van der Waals surface area contributed by atoms with Gasteiger partial charge in [0.05, 0.1) is 11.1 Å². The number of carbonyl (C=O) groups is 1. The highest BCUT2D eigenvalue weighted by Crippen LogP contribution is 2.27. The molecule has 1 fully saturated rings. The van der Waals surface area contributed by atoms with Gasteiger partial charge in [-0.15, -0.1) is 0 Å². The molecule has 0 aliphatic carbocycles. The van der Waals surface area contributed by atoms with Crippen LogP contribution in [-0.2, 0) is 11.3 Å².